The molecule has 2 aliphatic carbocycles. The lowest BCUT2D eigenvalue weighted by Gasteiger charge is -2.48. The van der Waals surface area contributed by atoms with E-state index < -0.39 is 0 Å². The minimum atomic E-state index is 0.549. The SMILES string of the molecule is CC(C)C1CC(C2CC(N)C2)C1. The van der Waals surface area contributed by atoms with Gasteiger partial charge in [0, 0.05) is 6.04 Å². The molecule has 0 radical (unpaired) electrons. The minimum absolute atomic E-state index is 0.549. The van der Waals surface area contributed by atoms with E-state index in [-0.39, 0.29) is 0 Å². The van der Waals surface area contributed by atoms with E-state index in [1.165, 1.54) is 25.7 Å². The molecule has 2 N–H and O–H groups in total. The van der Waals surface area contributed by atoms with Crippen LogP contribution in [0.1, 0.15) is 39.5 Å². The van der Waals surface area contributed by atoms with E-state index in [1.54, 1.807) is 0 Å². The lowest BCUT2D eigenvalue weighted by Crippen LogP contribution is -2.44. The zero-order chi connectivity index (χ0) is 8.72. The van der Waals surface area contributed by atoms with Gasteiger partial charge in [0.1, 0.15) is 0 Å². The third-order valence-corrected chi connectivity index (χ3v) is 4.03. The molecule has 0 aliphatic heterocycles. The second-order valence-corrected chi connectivity index (χ2v) is 5.23. The molecule has 1 nitrogen and oxygen atoms in total. The molecule has 0 unspecified atom stereocenters. The first-order chi connectivity index (χ1) is 5.66. The Morgan fingerprint density at radius 3 is 1.92 bits per heavy atom. The summed E-state index contributed by atoms with van der Waals surface area (Å²) in [6.07, 6.45) is 5.62. The Labute approximate surface area is 75.7 Å². The average molecular weight is 167 g/mol. The maximum Gasteiger partial charge on any atom is 0.00443 e. The van der Waals surface area contributed by atoms with Crippen LogP contribution in [0.4, 0.5) is 0 Å². The van der Waals surface area contributed by atoms with Crippen LogP contribution in [0.2, 0.25) is 0 Å². The van der Waals surface area contributed by atoms with Crippen molar-refractivity contribution >= 4 is 0 Å². The second kappa shape index (κ2) is 3.02. The minimum Gasteiger partial charge on any atom is -0.328 e. The Hall–Kier alpha value is -0.0400. The average Bonchev–Trinajstić information content (AvgIpc) is 1.79. The van der Waals surface area contributed by atoms with Crippen molar-refractivity contribution in [2.24, 2.45) is 29.4 Å². The molecule has 0 bridgehead atoms. The summed E-state index contributed by atoms with van der Waals surface area (Å²) in [5.74, 6) is 4.01. The molecule has 2 rings (SSSR count). The van der Waals surface area contributed by atoms with Gasteiger partial charge in [-0.1, -0.05) is 13.8 Å². The molecule has 2 aliphatic rings. The monoisotopic (exact) mass is 167 g/mol. The summed E-state index contributed by atoms with van der Waals surface area (Å²) >= 11 is 0. The van der Waals surface area contributed by atoms with Gasteiger partial charge in [-0.2, -0.15) is 0 Å². The van der Waals surface area contributed by atoms with Crippen molar-refractivity contribution in [1.29, 1.82) is 0 Å². The van der Waals surface area contributed by atoms with E-state index >= 15 is 0 Å². The summed E-state index contributed by atoms with van der Waals surface area (Å²) in [6, 6.07) is 0.549. The van der Waals surface area contributed by atoms with Gasteiger partial charge < -0.3 is 5.73 Å². The first kappa shape index (κ1) is 8.55. The van der Waals surface area contributed by atoms with Gasteiger partial charge in [0.25, 0.3) is 0 Å². The van der Waals surface area contributed by atoms with E-state index in [2.05, 4.69) is 13.8 Å². The zero-order valence-corrected chi connectivity index (χ0v) is 8.29. The van der Waals surface area contributed by atoms with Gasteiger partial charge in [0.15, 0.2) is 0 Å². The second-order valence-electron chi connectivity index (χ2n) is 5.23. The molecule has 0 aromatic heterocycles. The van der Waals surface area contributed by atoms with Gasteiger partial charge in [-0.3, -0.25) is 0 Å². The van der Waals surface area contributed by atoms with Crippen molar-refractivity contribution < 1.29 is 0 Å². The third-order valence-electron chi connectivity index (χ3n) is 4.03. The Morgan fingerprint density at radius 2 is 1.50 bits per heavy atom. The summed E-state index contributed by atoms with van der Waals surface area (Å²) in [4.78, 5) is 0. The largest absolute Gasteiger partial charge is 0.328 e. The third kappa shape index (κ3) is 1.39. The van der Waals surface area contributed by atoms with Crippen molar-refractivity contribution in [1.82, 2.24) is 0 Å². The maximum atomic E-state index is 5.78. The van der Waals surface area contributed by atoms with Crippen molar-refractivity contribution in [3.63, 3.8) is 0 Å². The molecule has 0 spiro atoms. The van der Waals surface area contributed by atoms with Crippen LogP contribution in [0.5, 0.6) is 0 Å². The number of nitrogens with two attached hydrogens (primary N) is 1. The van der Waals surface area contributed by atoms with Crippen molar-refractivity contribution in [2.75, 3.05) is 0 Å². The van der Waals surface area contributed by atoms with Crippen LogP contribution in [0.15, 0.2) is 0 Å². The highest BCUT2D eigenvalue weighted by atomic mass is 14.7. The first-order valence-electron chi connectivity index (χ1n) is 5.42. The molecule has 70 valence electrons. The molecule has 0 atom stereocenters. The molecule has 12 heavy (non-hydrogen) atoms. The van der Waals surface area contributed by atoms with Crippen LogP contribution in [0.25, 0.3) is 0 Å². The summed E-state index contributed by atoms with van der Waals surface area (Å²) in [7, 11) is 0. The Morgan fingerprint density at radius 1 is 1.00 bits per heavy atom. The standard InChI is InChI=1S/C11H21N/c1-7(2)8-3-9(4-8)10-5-11(12)6-10/h7-11H,3-6,12H2,1-2H3. The highest BCUT2D eigenvalue weighted by Crippen LogP contribution is 2.48. The Balaban J connectivity index is 1.68. The molecular formula is C11H21N. The lowest BCUT2D eigenvalue weighted by molar-refractivity contribution is 0.0400. The van der Waals surface area contributed by atoms with Gasteiger partial charge in [0.2, 0.25) is 0 Å². The van der Waals surface area contributed by atoms with Crippen LogP contribution >= 0.6 is 0 Å². The van der Waals surface area contributed by atoms with Crippen molar-refractivity contribution in [2.45, 2.75) is 45.6 Å². The van der Waals surface area contributed by atoms with Gasteiger partial charge in [0.05, 0.1) is 0 Å². The molecular weight excluding hydrogens is 146 g/mol. The molecule has 0 amide bonds. The molecule has 2 saturated carbocycles. The highest BCUT2D eigenvalue weighted by molar-refractivity contribution is 4.93. The predicted octanol–water partition coefficient (Wildman–Crippen LogP) is 2.41. The summed E-state index contributed by atoms with van der Waals surface area (Å²) in [6.45, 7) is 4.71. The fraction of sp³-hybridized carbons (Fsp3) is 1.00. The molecule has 2 fully saturated rings. The van der Waals surface area contributed by atoms with Gasteiger partial charge in [-0.25, -0.2) is 0 Å². The molecule has 1 heteroatoms. The van der Waals surface area contributed by atoms with E-state index in [0.717, 1.165) is 23.7 Å². The smallest absolute Gasteiger partial charge is 0.00443 e. The van der Waals surface area contributed by atoms with E-state index in [9.17, 15) is 0 Å². The summed E-state index contributed by atoms with van der Waals surface area (Å²) in [5.41, 5.74) is 5.78. The van der Waals surface area contributed by atoms with Gasteiger partial charge in [-0.15, -0.1) is 0 Å². The Bertz CT molecular complexity index is 152. The quantitative estimate of drug-likeness (QED) is 0.671. The Kier molecular flexibility index (Phi) is 2.16. The van der Waals surface area contributed by atoms with Crippen LogP contribution in [0, 0.1) is 23.7 Å². The molecule has 0 saturated heterocycles. The normalized spacial score (nSPS) is 47.0. The molecule has 0 aromatic carbocycles. The van der Waals surface area contributed by atoms with E-state index in [4.69, 9.17) is 5.73 Å². The fourth-order valence-electron chi connectivity index (χ4n) is 2.73. The van der Waals surface area contributed by atoms with E-state index in [1.807, 2.05) is 0 Å². The summed E-state index contributed by atoms with van der Waals surface area (Å²) in [5, 5.41) is 0. The van der Waals surface area contributed by atoms with Crippen LogP contribution < -0.4 is 5.73 Å². The van der Waals surface area contributed by atoms with Gasteiger partial charge >= 0.3 is 0 Å². The highest BCUT2D eigenvalue weighted by Gasteiger charge is 2.40. The van der Waals surface area contributed by atoms with Crippen molar-refractivity contribution in [3.8, 4) is 0 Å². The molecule has 0 heterocycles. The predicted molar refractivity (Wildman–Crippen MR) is 51.8 cm³/mol. The molecule has 0 aromatic rings. The topological polar surface area (TPSA) is 26.0 Å². The van der Waals surface area contributed by atoms with Crippen LogP contribution in [-0.2, 0) is 0 Å². The van der Waals surface area contributed by atoms with E-state index in [0.29, 0.717) is 6.04 Å². The van der Waals surface area contributed by atoms with Crippen molar-refractivity contribution in [3.05, 3.63) is 0 Å². The number of hydrogen-bond donors (Lipinski definition) is 1. The lowest BCUT2D eigenvalue weighted by atomic mass is 9.59. The van der Waals surface area contributed by atoms with Gasteiger partial charge in [-0.05, 0) is 49.4 Å². The maximum absolute atomic E-state index is 5.78. The number of rotatable bonds is 2. The fourth-order valence-corrected chi connectivity index (χ4v) is 2.73. The first-order valence-corrected chi connectivity index (χ1v) is 5.42. The van der Waals surface area contributed by atoms with Crippen LogP contribution in [-0.4, -0.2) is 6.04 Å². The summed E-state index contributed by atoms with van der Waals surface area (Å²) < 4.78 is 0. The zero-order valence-electron chi connectivity index (χ0n) is 8.29. The number of hydrogen-bond acceptors (Lipinski definition) is 1. The van der Waals surface area contributed by atoms with Crippen LogP contribution in [0.3, 0.4) is 0 Å².